The Morgan fingerprint density at radius 3 is 2.25 bits per heavy atom. The van der Waals surface area contributed by atoms with Gasteiger partial charge >= 0.3 is 130 Å². The molecule has 1 unspecified atom stereocenters. The SMILES string of the molecule is CCC[CH2][Sn]1([CH2]CCC)[O]CC(CN2CCCCC2)[O]1. The van der Waals surface area contributed by atoms with E-state index in [1.54, 1.807) is 0 Å². The van der Waals surface area contributed by atoms with Crippen LogP contribution in [0.4, 0.5) is 0 Å². The second-order valence-corrected chi connectivity index (χ2v) is 16.1. The number of hydrogen-bond donors (Lipinski definition) is 0. The Bertz CT molecular complexity index is 261. The van der Waals surface area contributed by atoms with Gasteiger partial charge in [-0.3, -0.25) is 0 Å². The van der Waals surface area contributed by atoms with Crippen LogP contribution in [0.1, 0.15) is 58.8 Å². The third kappa shape index (κ3) is 5.15. The molecule has 2 aliphatic rings. The first-order valence-electron chi connectivity index (χ1n) is 8.82. The summed E-state index contributed by atoms with van der Waals surface area (Å²) >= 11 is -2.66. The van der Waals surface area contributed by atoms with Crippen molar-refractivity contribution in [3.63, 3.8) is 0 Å². The summed E-state index contributed by atoms with van der Waals surface area (Å²) in [6.45, 7) is 9.11. The van der Waals surface area contributed by atoms with E-state index in [2.05, 4.69) is 18.7 Å². The molecule has 0 N–H and O–H groups in total. The Kier molecular flexibility index (Phi) is 7.64. The van der Waals surface area contributed by atoms with E-state index in [1.165, 1.54) is 66.9 Å². The summed E-state index contributed by atoms with van der Waals surface area (Å²) in [5.41, 5.74) is 0. The minimum absolute atomic E-state index is 0.387. The van der Waals surface area contributed by atoms with E-state index in [4.69, 9.17) is 6.15 Å². The number of hydrogen-bond acceptors (Lipinski definition) is 3. The summed E-state index contributed by atoms with van der Waals surface area (Å²) in [6.07, 6.45) is 9.68. The summed E-state index contributed by atoms with van der Waals surface area (Å²) in [7, 11) is 0. The minimum atomic E-state index is -2.66. The summed E-state index contributed by atoms with van der Waals surface area (Å²) in [4.78, 5) is 2.60. The average molecular weight is 390 g/mol. The second kappa shape index (κ2) is 8.96. The maximum atomic E-state index is 6.60. The van der Waals surface area contributed by atoms with Crippen molar-refractivity contribution in [3.05, 3.63) is 0 Å². The molecule has 0 aromatic rings. The van der Waals surface area contributed by atoms with E-state index in [9.17, 15) is 0 Å². The Hall–Kier alpha value is 0.679. The maximum absolute atomic E-state index is 6.60. The van der Waals surface area contributed by atoms with E-state index in [0.29, 0.717) is 6.10 Å². The molecule has 118 valence electrons. The Morgan fingerprint density at radius 2 is 1.65 bits per heavy atom. The van der Waals surface area contributed by atoms with Gasteiger partial charge in [0.05, 0.1) is 0 Å². The van der Waals surface area contributed by atoms with Crippen LogP contribution in [0, 0.1) is 0 Å². The van der Waals surface area contributed by atoms with Crippen molar-refractivity contribution in [1.29, 1.82) is 0 Å². The number of unbranched alkanes of at least 4 members (excludes halogenated alkanes) is 2. The van der Waals surface area contributed by atoms with Crippen LogP contribution in [0.15, 0.2) is 0 Å². The Morgan fingerprint density at radius 1 is 1.00 bits per heavy atom. The van der Waals surface area contributed by atoms with Crippen molar-refractivity contribution in [1.82, 2.24) is 4.90 Å². The molecule has 2 aliphatic heterocycles. The number of nitrogens with zero attached hydrogens (tertiary/aromatic N) is 1. The standard InChI is InChI=1S/C8H15NO2.2C4H9.Sn/c10-7-8(11)6-9-4-2-1-3-5-9;2*1-3-4-2;/h8H,1-7H2;2*1,3-4H2,2H3;/q-2;;;+2. The van der Waals surface area contributed by atoms with Gasteiger partial charge in [0.25, 0.3) is 0 Å². The van der Waals surface area contributed by atoms with Crippen LogP contribution >= 0.6 is 0 Å². The molecule has 0 spiro atoms. The van der Waals surface area contributed by atoms with E-state index in [0.717, 1.165) is 13.2 Å². The zero-order chi connectivity index (χ0) is 14.3. The molecule has 20 heavy (non-hydrogen) atoms. The number of likely N-dealkylation sites (tertiary alicyclic amines) is 1. The predicted octanol–water partition coefficient (Wildman–Crippen LogP) is 3.93. The van der Waals surface area contributed by atoms with Gasteiger partial charge in [0.15, 0.2) is 0 Å². The molecule has 2 rings (SSSR count). The molecule has 0 bridgehead atoms. The average Bonchev–Trinajstić information content (AvgIpc) is 2.88. The molecule has 0 aliphatic carbocycles. The van der Waals surface area contributed by atoms with E-state index < -0.39 is 19.2 Å². The van der Waals surface area contributed by atoms with Gasteiger partial charge in [-0.15, -0.1) is 0 Å². The van der Waals surface area contributed by atoms with Crippen molar-refractivity contribution in [2.75, 3.05) is 26.2 Å². The fraction of sp³-hybridized carbons (Fsp3) is 1.00. The monoisotopic (exact) mass is 391 g/mol. The first-order chi connectivity index (χ1) is 9.78. The molecule has 0 amide bonds. The van der Waals surface area contributed by atoms with Gasteiger partial charge in [-0.1, -0.05) is 0 Å². The van der Waals surface area contributed by atoms with Crippen molar-refractivity contribution in [3.8, 4) is 0 Å². The molecule has 0 aromatic heterocycles. The zero-order valence-electron chi connectivity index (χ0n) is 13.5. The number of rotatable bonds is 8. The van der Waals surface area contributed by atoms with Crippen molar-refractivity contribution in [2.24, 2.45) is 0 Å². The zero-order valence-corrected chi connectivity index (χ0v) is 16.4. The Labute approximate surface area is 130 Å². The van der Waals surface area contributed by atoms with Gasteiger partial charge in [0.1, 0.15) is 0 Å². The van der Waals surface area contributed by atoms with E-state index in [1.807, 2.05) is 0 Å². The van der Waals surface area contributed by atoms with Gasteiger partial charge in [-0.2, -0.15) is 0 Å². The van der Waals surface area contributed by atoms with Crippen molar-refractivity contribution < 1.29 is 6.15 Å². The third-order valence-electron chi connectivity index (χ3n) is 4.65. The molecular weight excluding hydrogens is 357 g/mol. The molecule has 2 heterocycles. The van der Waals surface area contributed by atoms with Gasteiger partial charge in [0, 0.05) is 0 Å². The molecule has 3 nitrogen and oxygen atoms in total. The summed E-state index contributed by atoms with van der Waals surface area (Å²) < 4.78 is 15.5. The number of piperidine rings is 1. The van der Waals surface area contributed by atoms with Gasteiger partial charge in [-0.25, -0.2) is 0 Å². The molecule has 2 fully saturated rings. The Balaban J connectivity index is 1.81. The second-order valence-electron chi connectivity index (χ2n) is 6.53. The molecule has 0 radical (unpaired) electrons. The van der Waals surface area contributed by atoms with E-state index in [-0.39, 0.29) is 0 Å². The molecule has 0 aromatic carbocycles. The first-order valence-corrected chi connectivity index (χ1v) is 15.2. The van der Waals surface area contributed by atoms with Gasteiger partial charge in [0.2, 0.25) is 0 Å². The van der Waals surface area contributed by atoms with Crippen LogP contribution in [0.25, 0.3) is 0 Å². The van der Waals surface area contributed by atoms with Crippen LogP contribution in [0.5, 0.6) is 0 Å². The quantitative estimate of drug-likeness (QED) is 0.587. The van der Waals surface area contributed by atoms with E-state index >= 15 is 0 Å². The fourth-order valence-electron chi connectivity index (χ4n) is 3.42. The van der Waals surface area contributed by atoms with Crippen LogP contribution in [-0.2, 0) is 6.15 Å². The van der Waals surface area contributed by atoms with Crippen LogP contribution in [-0.4, -0.2) is 56.5 Å². The molecule has 1 atom stereocenters. The summed E-state index contributed by atoms with van der Waals surface area (Å²) in [5.74, 6) is 0. The summed E-state index contributed by atoms with van der Waals surface area (Å²) in [5, 5.41) is 0. The fourth-order valence-corrected chi connectivity index (χ4v) is 14.5. The van der Waals surface area contributed by atoms with Crippen LogP contribution in [0.3, 0.4) is 0 Å². The topological polar surface area (TPSA) is 21.7 Å². The van der Waals surface area contributed by atoms with Crippen molar-refractivity contribution in [2.45, 2.75) is 73.8 Å². The summed E-state index contributed by atoms with van der Waals surface area (Å²) in [6, 6.07) is 0. The molecule has 0 saturated carbocycles. The van der Waals surface area contributed by atoms with Crippen LogP contribution < -0.4 is 0 Å². The van der Waals surface area contributed by atoms with Gasteiger partial charge < -0.3 is 0 Å². The van der Waals surface area contributed by atoms with Gasteiger partial charge in [-0.05, 0) is 0 Å². The predicted molar refractivity (Wildman–Crippen MR) is 86.3 cm³/mol. The normalized spacial score (nSPS) is 27.0. The van der Waals surface area contributed by atoms with Crippen molar-refractivity contribution >= 4 is 19.2 Å². The third-order valence-corrected chi connectivity index (χ3v) is 15.2. The molecule has 4 heteroatoms. The molecular formula is C16H33NO2Sn. The van der Waals surface area contributed by atoms with Crippen LogP contribution in [0.2, 0.25) is 8.87 Å². The first kappa shape index (κ1) is 17.0. The molecule has 2 saturated heterocycles.